The lowest BCUT2D eigenvalue weighted by Crippen LogP contribution is -2.10. The summed E-state index contributed by atoms with van der Waals surface area (Å²) in [5, 5.41) is 3.45. The van der Waals surface area contributed by atoms with Crippen molar-refractivity contribution in [1.82, 2.24) is 9.97 Å². The van der Waals surface area contributed by atoms with Crippen molar-refractivity contribution in [2.24, 2.45) is 0 Å². The zero-order valence-electron chi connectivity index (χ0n) is 10.2. The van der Waals surface area contributed by atoms with Gasteiger partial charge in [0.25, 0.3) is 0 Å². The molecule has 1 rings (SSSR count). The second-order valence-corrected chi connectivity index (χ2v) is 6.30. The molecule has 0 spiro atoms. The molecule has 16 heavy (non-hydrogen) atoms. The van der Waals surface area contributed by atoms with Gasteiger partial charge >= 0.3 is 0 Å². The molecular weight excluding hydrogens is 225 g/mol. The SMILES string of the molecule is CCCNc1ncc(F)c(SC(C)(C)C)n1. The maximum absolute atomic E-state index is 13.4. The van der Waals surface area contributed by atoms with Crippen LogP contribution in [0.25, 0.3) is 0 Å². The van der Waals surface area contributed by atoms with Crippen LogP contribution in [-0.4, -0.2) is 21.3 Å². The zero-order valence-corrected chi connectivity index (χ0v) is 11.0. The lowest BCUT2D eigenvalue weighted by molar-refractivity contribution is 0.577. The van der Waals surface area contributed by atoms with E-state index in [0.29, 0.717) is 11.0 Å². The molecule has 0 radical (unpaired) electrons. The van der Waals surface area contributed by atoms with Gasteiger partial charge in [0.05, 0.1) is 6.20 Å². The molecule has 90 valence electrons. The van der Waals surface area contributed by atoms with Crippen LogP contribution in [0.15, 0.2) is 11.2 Å². The van der Waals surface area contributed by atoms with E-state index in [2.05, 4.69) is 22.2 Å². The van der Waals surface area contributed by atoms with E-state index in [4.69, 9.17) is 0 Å². The largest absolute Gasteiger partial charge is 0.354 e. The Morgan fingerprint density at radius 3 is 2.69 bits per heavy atom. The second-order valence-electron chi connectivity index (χ2n) is 4.49. The van der Waals surface area contributed by atoms with Crippen molar-refractivity contribution < 1.29 is 4.39 Å². The van der Waals surface area contributed by atoms with E-state index >= 15 is 0 Å². The van der Waals surface area contributed by atoms with Gasteiger partial charge in [-0.05, 0) is 6.42 Å². The fraction of sp³-hybridized carbons (Fsp3) is 0.636. The van der Waals surface area contributed by atoms with Gasteiger partial charge < -0.3 is 5.32 Å². The molecule has 0 fully saturated rings. The lowest BCUT2D eigenvalue weighted by atomic mass is 10.3. The van der Waals surface area contributed by atoms with Crippen LogP contribution in [0.2, 0.25) is 0 Å². The number of aromatic nitrogens is 2. The van der Waals surface area contributed by atoms with Gasteiger partial charge in [-0.15, -0.1) is 0 Å². The van der Waals surface area contributed by atoms with Crippen molar-refractivity contribution >= 4 is 17.7 Å². The standard InChI is InChI=1S/C11H18FN3S/c1-5-6-13-10-14-7-8(12)9(15-10)16-11(2,3)4/h7H,5-6H2,1-4H3,(H,13,14,15). The van der Waals surface area contributed by atoms with Gasteiger partial charge in [-0.3, -0.25) is 0 Å². The number of hydrogen-bond donors (Lipinski definition) is 1. The summed E-state index contributed by atoms with van der Waals surface area (Å²) < 4.78 is 13.4. The number of thioether (sulfide) groups is 1. The highest BCUT2D eigenvalue weighted by molar-refractivity contribution is 8.00. The Hall–Kier alpha value is -0.840. The predicted octanol–water partition coefficient (Wildman–Crippen LogP) is 3.33. The van der Waals surface area contributed by atoms with Gasteiger partial charge in [-0.2, -0.15) is 0 Å². The van der Waals surface area contributed by atoms with Gasteiger partial charge in [0.2, 0.25) is 5.95 Å². The quantitative estimate of drug-likeness (QED) is 0.650. The first-order valence-electron chi connectivity index (χ1n) is 5.38. The lowest BCUT2D eigenvalue weighted by Gasteiger charge is -2.17. The molecule has 0 aliphatic rings. The molecule has 3 nitrogen and oxygen atoms in total. The molecule has 1 aromatic rings. The molecule has 0 amide bonds. The van der Waals surface area contributed by atoms with Crippen molar-refractivity contribution in [3.8, 4) is 0 Å². The molecule has 0 unspecified atom stereocenters. The van der Waals surface area contributed by atoms with Gasteiger partial charge in [0, 0.05) is 11.3 Å². The summed E-state index contributed by atoms with van der Waals surface area (Å²) in [7, 11) is 0. The Morgan fingerprint density at radius 1 is 1.44 bits per heavy atom. The third-order valence-electron chi connectivity index (χ3n) is 1.65. The Morgan fingerprint density at radius 2 is 2.12 bits per heavy atom. The third kappa shape index (κ3) is 4.35. The molecule has 0 aromatic carbocycles. The number of nitrogens with zero attached hydrogens (tertiary/aromatic N) is 2. The minimum Gasteiger partial charge on any atom is -0.354 e. The Bertz CT molecular complexity index is 350. The molecule has 0 saturated carbocycles. The summed E-state index contributed by atoms with van der Waals surface area (Å²) in [6, 6.07) is 0. The summed E-state index contributed by atoms with van der Waals surface area (Å²) in [5.41, 5.74) is 0. The highest BCUT2D eigenvalue weighted by Gasteiger charge is 2.17. The van der Waals surface area contributed by atoms with Crippen LogP contribution in [0.1, 0.15) is 34.1 Å². The average Bonchev–Trinajstić information content (AvgIpc) is 2.17. The van der Waals surface area contributed by atoms with Crippen LogP contribution in [0.3, 0.4) is 0 Å². The van der Waals surface area contributed by atoms with E-state index in [1.54, 1.807) is 0 Å². The number of rotatable bonds is 4. The van der Waals surface area contributed by atoms with Crippen molar-refractivity contribution in [2.75, 3.05) is 11.9 Å². The molecule has 1 aromatic heterocycles. The van der Waals surface area contributed by atoms with Gasteiger partial charge in [0.15, 0.2) is 5.82 Å². The maximum Gasteiger partial charge on any atom is 0.223 e. The van der Waals surface area contributed by atoms with Crippen molar-refractivity contribution in [2.45, 2.75) is 43.9 Å². The smallest absolute Gasteiger partial charge is 0.223 e. The molecule has 0 aliphatic carbocycles. The first-order valence-corrected chi connectivity index (χ1v) is 6.19. The minimum absolute atomic E-state index is 0.0583. The number of nitrogens with one attached hydrogen (secondary N) is 1. The Balaban J connectivity index is 2.82. The van der Waals surface area contributed by atoms with Crippen molar-refractivity contribution in [3.63, 3.8) is 0 Å². The van der Waals surface area contributed by atoms with E-state index in [1.165, 1.54) is 18.0 Å². The third-order valence-corrected chi connectivity index (χ3v) is 2.74. The molecule has 0 atom stereocenters. The van der Waals surface area contributed by atoms with E-state index in [-0.39, 0.29) is 10.6 Å². The molecule has 0 aliphatic heterocycles. The number of anilines is 1. The van der Waals surface area contributed by atoms with Crippen LogP contribution in [-0.2, 0) is 0 Å². The number of halogens is 1. The normalized spacial score (nSPS) is 11.6. The fourth-order valence-electron chi connectivity index (χ4n) is 1.04. The first kappa shape index (κ1) is 13.2. The molecular formula is C11H18FN3S. The zero-order chi connectivity index (χ0) is 12.2. The fourth-order valence-corrected chi connectivity index (χ4v) is 1.90. The van der Waals surface area contributed by atoms with E-state index < -0.39 is 0 Å². The van der Waals surface area contributed by atoms with E-state index in [9.17, 15) is 4.39 Å². The summed E-state index contributed by atoms with van der Waals surface area (Å²) in [6.45, 7) is 8.93. The van der Waals surface area contributed by atoms with Crippen LogP contribution in [0, 0.1) is 5.82 Å². The highest BCUT2D eigenvalue weighted by Crippen LogP contribution is 2.32. The summed E-state index contributed by atoms with van der Waals surface area (Å²) in [6.07, 6.45) is 2.21. The van der Waals surface area contributed by atoms with Crippen molar-refractivity contribution in [3.05, 3.63) is 12.0 Å². The van der Waals surface area contributed by atoms with E-state index in [0.717, 1.165) is 13.0 Å². The average molecular weight is 243 g/mol. The van der Waals surface area contributed by atoms with Crippen LogP contribution < -0.4 is 5.32 Å². The first-order chi connectivity index (χ1) is 7.42. The summed E-state index contributed by atoms with van der Waals surface area (Å²) >= 11 is 1.41. The topological polar surface area (TPSA) is 37.8 Å². The molecule has 5 heteroatoms. The maximum atomic E-state index is 13.4. The molecule has 1 N–H and O–H groups in total. The van der Waals surface area contributed by atoms with E-state index in [1.807, 2.05) is 20.8 Å². The molecule has 0 bridgehead atoms. The summed E-state index contributed by atoms with van der Waals surface area (Å²) in [4.78, 5) is 8.06. The number of hydrogen-bond acceptors (Lipinski definition) is 4. The van der Waals surface area contributed by atoms with Gasteiger partial charge in [-0.1, -0.05) is 39.5 Å². The minimum atomic E-state index is -0.359. The Labute approximate surface area is 100 Å². The summed E-state index contributed by atoms with van der Waals surface area (Å²) in [5.74, 6) is 0.136. The van der Waals surface area contributed by atoms with Gasteiger partial charge in [0.1, 0.15) is 5.03 Å². The Kier molecular flexibility index (Phi) is 4.53. The van der Waals surface area contributed by atoms with Crippen LogP contribution in [0.5, 0.6) is 0 Å². The second kappa shape index (κ2) is 5.48. The van der Waals surface area contributed by atoms with Crippen LogP contribution in [0.4, 0.5) is 10.3 Å². The van der Waals surface area contributed by atoms with Gasteiger partial charge in [-0.25, -0.2) is 14.4 Å². The van der Waals surface area contributed by atoms with Crippen molar-refractivity contribution in [1.29, 1.82) is 0 Å². The molecule has 0 saturated heterocycles. The molecule has 1 heterocycles. The predicted molar refractivity (Wildman–Crippen MR) is 66.4 cm³/mol. The monoisotopic (exact) mass is 243 g/mol. The van der Waals surface area contributed by atoms with Crippen LogP contribution >= 0.6 is 11.8 Å². The highest BCUT2D eigenvalue weighted by atomic mass is 32.2.